The van der Waals surface area contributed by atoms with Gasteiger partial charge in [-0.25, -0.2) is 0 Å². The number of nitrogens with zero attached hydrogens (tertiary/aromatic N) is 2. The van der Waals surface area contributed by atoms with E-state index in [4.69, 9.17) is 4.42 Å². The summed E-state index contributed by atoms with van der Waals surface area (Å²) in [6, 6.07) is 53.5. The summed E-state index contributed by atoms with van der Waals surface area (Å²) in [5.74, 6) is 0. The van der Waals surface area contributed by atoms with E-state index in [2.05, 4.69) is 219 Å². The molecule has 13 rings (SSSR count). The molecule has 2 aliphatic carbocycles. The van der Waals surface area contributed by atoms with Gasteiger partial charge in [-0.1, -0.05) is 148 Å². The molecule has 5 heteroatoms. The van der Waals surface area contributed by atoms with Crippen LogP contribution in [0.5, 0.6) is 0 Å². The lowest BCUT2D eigenvalue weighted by atomic mass is 9.35. The molecule has 0 amide bonds. The normalized spacial score (nSPS) is 16.0. The molecule has 65 heavy (non-hydrogen) atoms. The summed E-state index contributed by atoms with van der Waals surface area (Å²) in [5, 5.41) is 3.73. The van der Waals surface area contributed by atoms with Crippen LogP contribution in [0.3, 0.4) is 0 Å². The van der Waals surface area contributed by atoms with Gasteiger partial charge in [-0.2, -0.15) is 0 Å². The van der Waals surface area contributed by atoms with Gasteiger partial charge in [0, 0.05) is 43.7 Å². The Hall–Kier alpha value is -6.30. The fraction of sp³-hybridized carbons (Fsp3) is 0.233. The minimum absolute atomic E-state index is 0.0288. The molecule has 2 aromatic heterocycles. The molecule has 0 unspecified atom stereocenters. The molecule has 9 aromatic rings. The molecular weight excluding hydrogens is 808 g/mol. The van der Waals surface area contributed by atoms with Gasteiger partial charge in [0.25, 0.3) is 6.71 Å². The first kappa shape index (κ1) is 39.1. The number of hydrogen-bond donors (Lipinski definition) is 0. The van der Waals surface area contributed by atoms with Crippen LogP contribution in [-0.4, -0.2) is 6.71 Å². The Balaban J connectivity index is 1.14. The van der Waals surface area contributed by atoms with E-state index in [9.17, 15) is 0 Å². The maximum absolute atomic E-state index is 7.58. The van der Waals surface area contributed by atoms with Crippen LogP contribution in [0, 0.1) is 0 Å². The van der Waals surface area contributed by atoms with Crippen LogP contribution >= 0.6 is 11.3 Å². The standard InChI is InChI=1S/C60H53BN2OS/c1-57(2,3)34-22-26-36(27-23-34)62-48-20-15-21-49-53(48)61(55-54(62)42-30-40-38-16-11-13-18-44(38)59(7,8)46(40)32-50(42)64-55)52-43-31-41-39-17-12-14-19-45(39)60(9,10)47(41)33-51(43)65-56(52)63(49)37-28-24-35(25-29-37)58(4,5)6/h11-33H,1-10H3. The van der Waals surface area contributed by atoms with Crippen molar-refractivity contribution < 1.29 is 4.42 Å². The molecule has 4 aliphatic rings. The van der Waals surface area contributed by atoms with Gasteiger partial charge < -0.3 is 14.2 Å². The molecule has 0 saturated heterocycles. The Morgan fingerprint density at radius 1 is 0.492 bits per heavy atom. The van der Waals surface area contributed by atoms with Gasteiger partial charge in [-0.15, -0.1) is 11.3 Å². The highest BCUT2D eigenvalue weighted by Gasteiger charge is 2.49. The van der Waals surface area contributed by atoms with E-state index < -0.39 is 0 Å². The molecular formula is C60H53BN2OS. The Bertz CT molecular complexity index is 3520. The number of fused-ring (bicyclic) bond motifs is 14. The van der Waals surface area contributed by atoms with Crippen molar-refractivity contribution in [1.29, 1.82) is 0 Å². The van der Waals surface area contributed by atoms with Crippen LogP contribution in [0.25, 0.3) is 43.3 Å². The molecule has 0 radical (unpaired) electrons. The lowest BCUT2D eigenvalue weighted by Crippen LogP contribution is -2.60. The van der Waals surface area contributed by atoms with E-state index in [1.54, 1.807) is 0 Å². The molecule has 4 heterocycles. The molecule has 0 fully saturated rings. The Morgan fingerprint density at radius 3 is 1.57 bits per heavy atom. The number of benzene rings is 7. The second-order valence-electron chi connectivity index (χ2n) is 22.2. The summed E-state index contributed by atoms with van der Waals surface area (Å²) in [6.45, 7) is 23.2. The largest absolute Gasteiger partial charge is 0.468 e. The average Bonchev–Trinajstić information content (AvgIpc) is 3.97. The monoisotopic (exact) mass is 860 g/mol. The van der Waals surface area contributed by atoms with E-state index >= 15 is 0 Å². The van der Waals surface area contributed by atoms with Gasteiger partial charge in [-0.3, -0.25) is 0 Å². The number of rotatable bonds is 2. The highest BCUT2D eigenvalue weighted by atomic mass is 32.1. The second kappa shape index (κ2) is 12.7. The summed E-state index contributed by atoms with van der Waals surface area (Å²) in [4.78, 5) is 5.09. The Morgan fingerprint density at radius 2 is 1.00 bits per heavy atom. The first-order valence-corrected chi connectivity index (χ1v) is 24.2. The van der Waals surface area contributed by atoms with Crippen molar-refractivity contribution in [3.8, 4) is 22.3 Å². The lowest BCUT2D eigenvalue weighted by Gasteiger charge is -2.41. The smallest absolute Gasteiger partial charge is 0.298 e. The number of thiophene rings is 1. The zero-order valence-corrected chi connectivity index (χ0v) is 39.9. The van der Waals surface area contributed by atoms with Gasteiger partial charge in [0.15, 0.2) is 0 Å². The van der Waals surface area contributed by atoms with Crippen LogP contribution in [0.1, 0.15) is 103 Å². The molecule has 3 nitrogen and oxygen atoms in total. The predicted octanol–water partition coefficient (Wildman–Crippen LogP) is 14.9. The van der Waals surface area contributed by atoms with Gasteiger partial charge >= 0.3 is 0 Å². The van der Waals surface area contributed by atoms with Crippen LogP contribution in [0.15, 0.2) is 144 Å². The molecule has 0 saturated carbocycles. The van der Waals surface area contributed by atoms with E-state index in [1.165, 1.54) is 98.7 Å². The summed E-state index contributed by atoms with van der Waals surface area (Å²) in [5.41, 5.74) is 23.7. The lowest BCUT2D eigenvalue weighted by molar-refractivity contribution is 0.590. The van der Waals surface area contributed by atoms with Crippen LogP contribution in [0.4, 0.5) is 33.4 Å². The van der Waals surface area contributed by atoms with Crippen molar-refractivity contribution in [3.63, 3.8) is 0 Å². The van der Waals surface area contributed by atoms with Gasteiger partial charge in [0.05, 0.1) is 16.3 Å². The fourth-order valence-corrected chi connectivity index (χ4v) is 13.4. The van der Waals surface area contributed by atoms with E-state index in [-0.39, 0.29) is 28.4 Å². The van der Waals surface area contributed by atoms with Crippen LogP contribution in [0.2, 0.25) is 0 Å². The average molecular weight is 861 g/mol. The van der Waals surface area contributed by atoms with Gasteiger partial charge in [-0.05, 0) is 143 Å². The number of furan rings is 1. The third-order valence-electron chi connectivity index (χ3n) is 15.6. The maximum atomic E-state index is 7.58. The van der Waals surface area contributed by atoms with E-state index in [0.29, 0.717) is 0 Å². The summed E-state index contributed by atoms with van der Waals surface area (Å²) in [6.07, 6.45) is 0. The van der Waals surface area contributed by atoms with Crippen molar-refractivity contribution in [2.45, 2.75) is 90.9 Å². The summed E-state index contributed by atoms with van der Waals surface area (Å²) >= 11 is 1.93. The van der Waals surface area contributed by atoms with Crippen molar-refractivity contribution in [2.24, 2.45) is 0 Å². The molecule has 0 bridgehead atoms. The summed E-state index contributed by atoms with van der Waals surface area (Å²) in [7, 11) is 0. The van der Waals surface area contributed by atoms with Crippen molar-refractivity contribution in [3.05, 3.63) is 173 Å². The summed E-state index contributed by atoms with van der Waals surface area (Å²) < 4.78 is 8.90. The number of anilines is 6. The zero-order valence-electron chi connectivity index (χ0n) is 39.1. The second-order valence-corrected chi connectivity index (χ2v) is 23.2. The van der Waals surface area contributed by atoms with Crippen molar-refractivity contribution in [1.82, 2.24) is 0 Å². The van der Waals surface area contributed by atoms with E-state index in [0.717, 1.165) is 28.0 Å². The third kappa shape index (κ3) is 5.19. The topological polar surface area (TPSA) is 19.6 Å². The Labute approximate surface area is 387 Å². The molecule has 318 valence electrons. The van der Waals surface area contributed by atoms with Gasteiger partial charge in [0.2, 0.25) is 0 Å². The van der Waals surface area contributed by atoms with Gasteiger partial charge in [0.1, 0.15) is 5.58 Å². The minimum Gasteiger partial charge on any atom is -0.468 e. The highest BCUT2D eigenvalue weighted by molar-refractivity contribution is 7.26. The minimum atomic E-state index is -0.152. The maximum Gasteiger partial charge on any atom is 0.298 e. The first-order valence-electron chi connectivity index (χ1n) is 23.4. The highest BCUT2D eigenvalue weighted by Crippen LogP contribution is 2.56. The molecule has 0 atom stereocenters. The number of hydrogen-bond acceptors (Lipinski definition) is 4. The SMILES string of the molecule is CC(C)(C)c1ccc(N2c3cccc4c3B(c3oc5cc6c(cc5c3N4c3ccc(C(C)(C)C)cc3)-c3ccccc3C6(C)C)c3c2sc2cc4c(cc32)-c2ccccc2C4(C)C)cc1. The van der Waals surface area contributed by atoms with Crippen LogP contribution in [-0.2, 0) is 21.7 Å². The first-order chi connectivity index (χ1) is 31.0. The molecule has 2 aliphatic heterocycles. The van der Waals surface area contributed by atoms with Crippen molar-refractivity contribution in [2.75, 3.05) is 9.80 Å². The molecule has 0 spiro atoms. The Kier molecular flexibility index (Phi) is 7.66. The zero-order chi connectivity index (χ0) is 44.7. The predicted molar refractivity (Wildman–Crippen MR) is 278 cm³/mol. The molecule has 7 aromatic carbocycles. The van der Waals surface area contributed by atoms with E-state index in [1.807, 2.05) is 11.3 Å². The third-order valence-corrected chi connectivity index (χ3v) is 16.7. The van der Waals surface area contributed by atoms with Crippen LogP contribution < -0.4 is 26.4 Å². The van der Waals surface area contributed by atoms with Crippen molar-refractivity contribution >= 4 is 89.1 Å². The fourth-order valence-electron chi connectivity index (χ4n) is 12.1. The quantitative estimate of drug-likeness (QED) is 0.161. The molecule has 0 N–H and O–H groups in total.